The lowest BCUT2D eigenvalue weighted by atomic mass is 9.79. The first-order chi connectivity index (χ1) is 39.3. The number of rotatable bonds is 18. The number of aliphatic hydroxyl groups excluding tert-OH is 5. The van der Waals surface area contributed by atoms with Crippen LogP contribution < -0.4 is 4.74 Å². The van der Waals surface area contributed by atoms with Crippen LogP contribution in [0.15, 0.2) is 24.5 Å². The van der Waals surface area contributed by atoms with E-state index in [2.05, 4.69) is 6.58 Å². The zero-order valence-corrected chi connectivity index (χ0v) is 52.3. The Bertz CT molecular complexity index is 2520. The second-order valence-corrected chi connectivity index (χ2v) is 25.1. The summed E-state index contributed by atoms with van der Waals surface area (Å²) in [6, 6.07) is 0. The number of hydroxylamine groups is 1. The number of carbonyl (C=O) groups excluding carboxylic acids is 3. The zero-order valence-electron chi connectivity index (χ0n) is 50.8. The van der Waals surface area contributed by atoms with Crippen LogP contribution in [0.3, 0.4) is 0 Å². The van der Waals surface area contributed by atoms with E-state index in [1.807, 2.05) is 34.6 Å². The Labute approximate surface area is 503 Å². The number of phenolic OH excluding ortho intramolecular Hbond substituents is 1. The molecule has 0 spiro atoms. The third-order valence-corrected chi connectivity index (χ3v) is 18.4. The van der Waals surface area contributed by atoms with Gasteiger partial charge in [-0.1, -0.05) is 64.4 Å². The predicted octanol–water partition coefficient (Wildman–Crippen LogP) is 7.33. The molecule has 1 aromatic carbocycles. The summed E-state index contributed by atoms with van der Waals surface area (Å²) in [6.07, 6.45) is -13.1. The van der Waals surface area contributed by atoms with Crippen LogP contribution >= 0.6 is 23.2 Å². The molecule has 476 valence electrons. The van der Waals surface area contributed by atoms with Gasteiger partial charge in [0.05, 0.1) is 79.6 Å². The van der Waals surface area contributed by atoms with Crippen LogP contribution in [0.5, 0.6) is 11.5 Å². The van der Waals surface area contributed by atoms with Crippen molar-refractivity contribution in [3.05, 3.63) is 50.9 Å². The van der Waals surface area contributed by atoms with Crippen LogP contribution in [-0.4, -0.2) is 189 Å². The second kappa shape index (κ2) is 29.1. The average molecular weight is 1230 g/mol. The monoisotopic (exact) mass is 1230 g/mol. The summed E-state index contributed by atoms with van der Waals surface area (Å²) in [5.74, 6) is -5.70. The van der Waals surface area contributed by atoms with Gasteiger partial charge in [-0.3, -0.25) is 9.59 Å². The van der Waals surface area contributed by atoms with Gasteiger partial charge in [-0.2, -0.15) is 0 Å². The van der Waals surface area contributed by atoms with E-state index in [9.17, 15) is 45.0 Å². The van der Waals surface area contributed by atoms with Crippen molar-refractivity contribution >= 4 is 47.1 Å². The summed E-state index contributed by atoms with van der Waals surface area (Å²) < 4.78 is 69.1. The molecule has 5 heterocycles. The van der Waals surface area contributed by atoms with Crippen molar-refractivity contribution in [1.29, 1.82) is 0 Å². The Morgan fingerprint density at radius 1 is 0.952 bits per heavy atom. The van der Waals surface area contributed by atoms with Crippen LogP contribution in [0, 0.1) is 41.7 Å². The molecule has 6 rings (SSSR count). The number of hydrogen-bond donors (Lipinski definition) is 6. The van der Waals surface area contributed by atoms with Crippen LogP contribution in [0.1, 0.15) is 143 Å². The van der Waals surface area contributed by atoms with E-state index < -0.39 is 145 Å². The maximum absolute atomic E-state index is 15.3. The fourth-order valence-corrected chi connectivity index (χ4v) is 13.2. The van der Waals surface area contributed by atoms with E-state index in [4.69, 9.17) is 75.3 Å². The Morgan fingerprint density at radius 3 is 2.24 bits per heavy atom. The summed E-state index contributed by atoms with van der Waals surface area (Å²) in [5, 5.41) is 80.5. The molecule has 0 radical (unpaired) electrons. The number of aromatic hydroxyl groups is 1. The summed E-state index contributed by atoms with van der Waals surface area (Å²) in [5.41, 5.74) is -2.41. The highest BCUT2D eigenvalue weighted by atomic mass is 35.5. The number of carbonyl (C=O) groups is 3. The number of hydrogen-bond acceptors (Lipinski definition) is 21. The van der Waals surface area contributed by atoms with Gasteiger partial charge in [0.1, 0.15) is 46.7 Å². The van der Waals surface area contributed by atoms with Gasteiger partial charge in [-0.25, -0.2) is 9.53 Å². The largest absolute Gasteiger partial charge is 0.624 e. The zero-order chi connectivity index (χ0) is 62.6. The quantitative estimate of drug-likeness (QED) is 0.0159. The lowest BCUT2D eigenvalue weighted by molar-refractivity contribution is -0.575. The van der Waals surface area contributed by atoms with Crippen LogP contribution in [0.2, 0.25) is 10.0 Å². The summed E-state index contributed by atoms with van der Waals surface area (Å²) in [6.45, 7) is 24.1. The first-order valence-electron chi connectivity index (χ1n) is 29.2. The number of cyclic esters (lactones) is 1. The predicted molar refractivity (Wildman–Crippen MR) is 307 cm³/mol. The van der Waals surface area contributed by atoms with E-state index in [-0.39, 0.29) is 94.6 Å². The molecule has 5 unspecified atom stereocenters. The molecule has 0 bridgehead atoms. The summed E-state index contributed by atoms with van der Waals surface area (Å²) in [7, 11) is 2.68. The maximum Gasteiger partial charge on any atom is 0.342 e. The highest BCUT2D eigenvalue weighted by molar-refractivity contribution is 6.39. The number of allylic oxidation sites excluding steroid dienone is 1. The fraction of sp³-hybridized carbons (Fsp3) is 0.767. The number of ether oxygens (including phenoxy) is 11. The van der Waals surface area contributed by atoms with Crippen molar-refractivity contribution in [2.75, 3.05) is 14.2 Å². The Balaban J connectivity index is 1.37. The minimum absolute atomic E-state index is 0.0708. The topological polar surface area (TPSA) is 303 Å². The first kappa shape index (κ1) is 69.4. The number of aliphatic hydroxyl groups is 5. The molecule has 5 aliphatic rings. The Morgan fingerprint density at radius 2 is 1.62 bits per heavy atom. The minimum atomic E-state index is -1.50. The average Bonchev–Trinajstić information content (AvgIpc) is 1.73. The van der Waals surface area contributed by atoms with Gasteiger partial charge in [-0.05, 0) is 90.4 Å². The van der Waals surface area contributed by atoms with E-state index in [1.165, 1.54) is 40.4 Å². The van der Waals surface area contributed by atoms with Gasteiger partial charge in [0.2, 0.25) is 5.54 Å². The molecule has 24 heteroatoms. The van der Waals surface area contributed by atoms with E-state index in [0.717, 1.165) is 4.74 Å². The molecular weight excluding hydrogens is 1140 g/mol. The number of epoxide rings is 1. The van der Waals surface area contributed by atoms with Crippen molar-refractivity contribution < 1.29 is 102 Å². The smallest absolute Gasteiger partial charge is 0.342 e. The molecule has 24 atom stereocenters. The fourth-order valence-electron chi connectivity index (χ4n) is 12.7. The standard InChI is InChI=1S/C60H91Cl2NO21/c1-16-41-32(7)55-60(13,84-55)19-17-38(66)27(2)22-37(51(31(6)39(67)24-43(69)79-41)83-58-49(70)28(3)21-30(5)76-58)18-20-63(73)59(12)26-45(78-36(11)56(59)75-15)80-42-25-44(81-52(34(9)65)40(68)23-29(4)64)77-35(10)53(42)82-57(72)46-33(8)47(61)50(71)48(62)54(46)74-14/h17,19-20,27-28,30-32,34-37,39-42,44-45,49,51-53,55-56,58,64-65,67-68,70-71H,4,16,18,21-26H2,1-3,5-15H3/b19-17+,63-20?/t27-,28?,30?,31+,32-,34-,35-,36+,37+,39-,40-,41?,42-,44+,45-,49?,51-,52-,53-,55+,56-,58?,59+,60+/m1/s1. The molecule has 0 amide bonds. The molecule has 0 saturated carbocycles. The molecular formula is C60H91Cl2NO21. The third-order valence-electron chi connectivity index (χ3n) is 17.6. The Kier molecular flexibility index (Phi) is 24.0. The number of phenols is 1. The summed E-state index contributed by atoms with van der Waals surface area (Å²) >= 11 is 12.8. The highest BCUT2D eigenvalue weighted by Gasteiger charge is 2.57. The van der Waals surface area contributed by atoms with Gasteiger partial charge < -0.3 is 88.0 Å². The van der Waals surface area contributed by atoms with Gasteiger partial charge >= 0.3 is 11.9 Å². The first-order valence-corrected chi connectivity index (χ1v) is 30.0. The lowest BCUT2D eigenvalue weighted by Crippen LogP contribution is -2.62. The van der Waals surface area contributed by atoms with Gasteiger partial charge in [-0.15, -0.1) is 0 Å². The number of esters is 2. The van der Waals surface area contributed by atoms with Gasteiger partial charge in [0.15, 0.2) is 48.5 Å². The van der Waals surface area contributed by atoms with Crippen LogP contribution in [0.25, 0.3) is 0 Å². The third kappa shape index (κ3) is 15.9. The molecule has 84 heavy (non-hydrogen) atoms. The van der Waals surface area contributed by atoms with Gasteiger partial charge in [0.25, 0.3) is 0 Å². The SMILES string of the molecule is C=C(O)C[C@@H](O)[C@H](O[C@H]1C[C@@H](O[C@@H]2C[C@](C)([N+]([O-])=CC[C@H]3C[C@@H](C)C(=O)/C=C/[C@]4(C)O[C@H]4[C@H](C)C(CC)OC(=O)C[C@@H](O)[C@H](C)[C@H]3OC3OC(C)CC(C)C3O)[C@H](OC)[C@H](C)O2)[C@H](OC(=O)c2c(C)c(Cl)c(O)c(Cl)c2OC)[C@@H](C)O1)[C@@H](C)O. The molecule has 4 saturated heterocycles. The normalized spacial score (nSPS) is 39.7. The molecule has 0 aliphatic carbocycles. The van der Waals surface area contributed by atoms with Crippen molar-refractivity contribution in [1.82, 2.24) is 0 Å². The van der Waals surface area contributed by atoms with E-state index in [0.29, 0.717) is 12.8 Å². The van der Waals surface area contributed by atoms with E-state index in [1.54, 1.807) is 40.7 Å². The number of ketones is 1. The molecule has 22 nitrogen and oxygen atoms in total. The number of halogens is 2. The number of fused-ring (bicyclic) bond motifs is 1. The van der Waals surface area contributed by atoms with Crippen molar-refractivity contribution in [2.45, 2.75) is 250 Å². The van der Waals surface area contributed by atoms with Crippen molar-refractivity contribution in [3.8, 4) is 11.5 Å². The number of benzene rings is 1. The van der Waals surface area contributed by atoms with Crippen LogP contribution in [-0.2, 0) is 57.0 Å². The highest BCUT2D eigenvalue weighted by Crippen LogP contribution is 2.47. The Hall–Kier alpha value is -3.72. The molecule has 4 fully saturated rings. The minimum Gasteiger partial charge on any atom is -0.624 e. The molecule has 6 N–H and O–H groups in total. The molecule has 1 aromatic rings. The number of nitrogens with zero attached hydrogens (tertiary/aromatic N) is 1. The lowest BCUT2D eigenvalue weighted by Gasteiger charge is -2.47. The second-order valence-electron chi connectivity index (χ2n) is 24.4. The van der Waals surface area contributed by atoms with Crippen molar-refractivity contribution in [3.63, 3.8) is 0 Å². The molecule has 0 aromatic heterocycles. The van der Waals surface area contributed by atoms with Crippen LogP contribution in [0.4, 0.5) is 0 Å². The maximum atomic E-state index is 15.3. The molecule has 5 aliphatic heterocycles. The van der Waals surface area contributed by atoms with E-state index >= 15 is 5.21 Å². The summed E-state index contributed by atoms with van der Waals surface area (Å²) in [4.78, 5) is 42.2. The number of methoxy groups -OCH3 is 2. The van der Waals surface area contributed by atoms with Crippen molar-refractivity contribution in [2.24, 2.45) is 29.6 Å². The van der Waals surface area contributed by atoms with Gasteiger partial charge in [0, 0.05) is 51.0 Å².